The summed E-state index contributed by atoms with van der Waals surface area (Å²) in [7, 11) is 1.62. The fraction of sp³-hybridized carbons (Fsp3) is 0.158. The maximum atomic E-state index is 12.6. The zero-order valence-corrected chi connectivity index (χ0v) is 13.7. The second-order valence-electron chi connectivity index (χ2n) is 5.83. The lowest BCUT2D eigenvalue weighted by atomic mass is 10.1. The van der Waals surface area contributed by atoms with Gasteiger partial charge in [0.25, 0.3) is 5.91 Å². The van der Waals surface area contributed by atoms with Crippen LogP contribution in [0.25, 0.3) is 10.9 Å². The molecule has 0 fully saturated rings. The lowest BCUT2D eigenvalue weighted by molar-refractivity contribution is -0.116. The summed E-state index contributed by atoms with van der Waals surface area (Å²) in [5.74, 6) is -0.414. The number of H-pyrrole nitrogens is 1. The summed E-state index contributed by atoms with van der Waals surface area (Å²) in [6.45, 7) is 1.95. The molecule has 24 heavy (non-hydrogen) atoms. The second kappa shape index (κ2) is 6.58. The smallest absolute Gasteiger partial charge is 0.256 e. The maximum absolute atomic E-state index is 12.6. The van der Waals surface area contributed by atoms with Gasteiger partial charge in [-0.15, -0.1) is 0 Å². The Bertz CT molecular complexity index is 898. The maximum Gasteiger partial charge on any atom is 0.256 e. The van der Waals surface area contributed by atoms with Crippen LogP contribution in [0.1, 0.15) is 15.9 Å². The number of amides is 2. The highest BCUT2D eigenvalue weighted by atomic mass is 16.2. The highest BCUT2D eigenvalue weighted by molar-refractivity contribution is 6.08. The van der Waals surface area contributed by atoms with Crippen LogP contribution in [0.15, 0.2) is 54.7 Å². The first kappa shape index (κ1) is 15.8. The molecule has 0 atom stereocenters. The number of nitrogens with zero attached hydrogens (tertiary/aromatic N) is 1. The zero-order chi connectivity index (χ0) is 17.1. The number of carbonyl (C=O) groups is 2. The summed E-state index contributed by atoms with van der Waals surface area (Å²) in [6.07, 6.45) is 1.68. The van der Waals surface area contributed by atoms with Crippen LogP contribution in [0.2, 0.25) is 0 Å². The molecule has 2 amide bonds. The SMILES string of the molecule is Cc1cccc(NC(=O)CN(C)C(=O)c2c[nH]c3ccccc23)c1. The number of aromatic amines is 1. The standard InChI is InChI=1S/C19H19N3O2/c1-13-6-5-7-14(10-13)21-18(23)12-22(2)19(24)16-11-20-17-9-4-3-8-15(16)17/h3-11,20H,12H2,1-2H3,(H,21,23). The van der Waals surface area contributed by atoms with Gasteiger partial charge in [0.1, 0.15) is 0 Å². The molecule has 1 aromatic heterocycles. The molecule has 0 radical (unpaired) electrons. The first-order chi connectivity index (χ1) is 11.5. The summed E-state index contributed by atoms with van der Waals surface area (Å²) in [5, 5.41) is 3.67. The molecular formula is C19H19N3O2. The molecule has 5 nitrogen and oxygen atoms in total. The van der Waals surface area contributed by atoms with Crippen LogP contribution in [0.5, 0.6) is 0 Å². The molecule has 0 saturated heterocycles. The minimum absolute atomic E-state index is 0.00766. The Morgan fingerprint density at radius 2 is 1.92 bits per heavy atom. The van der Waals surface area contributed by atoms with Gasteiger partial charge in [-0.3, -0.25) is 9.59 Å². The van der Waals surface area contributed by atoms with Crippen LogP contribution in [-0.2, 0) is 4.79 Å². The van der Waals surface area contributed by atoms with Crippen molar-refractivity contribution < 1.29 is 9.59 Å². The molecule has 0 saturated carbocycles. The van der Waals surface area contributed by atoms with Gasteiger partial charge in [0.05, 0.1) is 12.1 Å². The number of aromatic nitrogens is 1. The highest BCUT2D eigenvalue weighted by Crippen LogP contribution is 2.19. The molecule has 3 aromatic rings. The van der Waals surface area contributed by atoms with Crippen molar-refractivity contribution in [1.82, 2.24) is 9.88 Å². The average Bonchev–Trinajstić information content (AvgIpc) is 2.98. The van der Waals surface area contributed by atoms with Crippen molar-refractivity contribution in [3.63, 3.8) is 0 Å². The predicted molar refractivity (Wildman–Crippen MR) is 95.1 cm³/mol. The number of likely N-dealkylation sites (N-methyl/N-ethyl adjacent to an activating group) is 1. The number of fused-ring (bicyclic) bond motifs is 1. The molecule has 1 heterocycles. The van der Waals surface area contributed by atoms with Gasteiger partial charge >= 0.3 is 0 Å². The second-order valence-corrected chi connectivity index (χ2v) is 5.83. The third-order valence-corrected chi connectivity index (χ3v) is 3.85. The molecule has 0 bridgehead atoms. The largest absolute Gasteiger partial charge is 0.360 e. The third kappa shape index (κ3) is 3.30. The number of hydrogen-bond acceptors (Lipinski definition) is 2. The molecule has 0 aliphatic heterocycles. The molecule has 2 aromatic carbocycles. The molecule has 0 unspecified atom stereocenters. The van der Waals surface area contributed by atoms with E-state index in [-0.39, 0.29) is 18.4 Å². The van der Waals surface area contributed by atoms with E-state index in [2.05, 4.69) is 10.3 Å². The Balaban J connectivity index is 1.69. The van der Waals surface area contributed by atoms with E-state index in [1.165, 1.54) is 4.90 Å². The summed E-state index contributed by atoms with van der Waals surface area (Å²) < 4.78 is 0. The average molecular weight is 321 g/mol. The first-order valence-corrected chi connectivity index (χ1v) is 7.72. The van der Waals surface area contributed by atoms with Gasteiger partial charge < -0.3 is 15.2 Å². The van der Waals surface area contributed by atoms with Crippen molar-refractivity contribution in [3.8, 4) is 0 Å². The Morgan fingerprint density at radius 3 is 2.71 bits per heavy atom. The van der Waals surface area contributed by atoms with Crippen LogP contribution < -0.4 is 5.32 Å². The van der Waals surface area contributed by atoms with Gasteiger partial charge in [0.2, 0.25) is 5.91 Å². The number of anilines is 1. The summed E-state index contributed by atoms with van der Waals surface area (Å²) in [6, 6.07) is 15.2. The minimum Gasteiger partial charge on any atom is -0.360 e. The first-order valence-electron chi connectivity index (χ1n) is 7.72. The van der Waals surface area contributed by atoms with Crippen molar-refractivity contribution in [2.75, 3.05) is 18.9 Å². The van der Waals surface area contributed by atoms with Crippen molar-refractivity contribution in [2.24, 2.45) is 0 Å². The van der Waals surface area contributed by atoms with Crippen molar-refractivity contribution in [3.05, 3.63) is 65.9 Å². The fourth-order valence-electron chi connectivity index (χ4n) is 2.66. The number of nitrogens with one attached hydrogen (secondary N) is 2. The normalized spacial score (nSPS) is 10.6. The Kier molecular flexibility index (Phi) is 4.33. The number of carbonyl (C=O) groups excluding carboxylic acids is 2. The van der Waals surface area contributed by atoms with E-state index in [1.807, 2.05) is 55.5 Å². The molecule has 0 aliphatic carbocycles. The van der Waals surface area contributed by atoms with Gasteiger partial charge in [-0.25, -0.2) is 0 Å². The van der Waals surface area contributed by atoms with E-state index >= 15 is 0 Å². The van der Waals surface area contributed by atoms with Crippen LogP contribution >= 0.6 is 0 Å². The molecule has 0 aliphatic rings. The quantitative estimate of drug-likeness (QED) is 0.775. The Labute approximate surface area is 140 Å². The summed E-state index contributed by atoms with van der Waals surface area (Å²) in [4.78, 5) is 29.2. The molecule has 122 valence electrons. The monoisotopic (exact) mass is 321 g/mol. The predicted octanol–water partition coefficient (Wildman–Crippen LogP) is 3.19. The van der Waals surface area contributed by atoms with Gasteiger partial charge in [0, 0.05) is 29.8 Å². The van der Waals surface area contributed by atoms with Gasteiger partial charge in [-0.2, -0.15) is 0 Å². The van der Waals surface area contributed by atoms with E-state index < -0.39 is 0 Å². The van der Waals surface area contributed by atoms with Crippen molar-refractivity contribution in [2.45, 2.75) is 6.92 Å². The van der Waals surface area contributed by atoms with E-state index in [4.69, 9.17) is 0 Å². The minimum atomic E-state index is -0.226. The Morgan fingerprint density at radius 1 is 1.12 bits per heavy atom. The van der Waals surface area contributed by atoms with E-state index in [0.29, 0.717) is 5.56 Å². The molecule has 2 N–H and O–H groups in total. The lowest BCUT2D eigenvalue weighted by Crippen LogP contribution is -2.34. The van der Waals surface area contributed by atoms with Crippen LogP contribution in [0.4, 0.5) is 5.69 Å². The lowest BCUT2D eigenvalue weighted by Gasteiger charge is -2.16. The van der Waals surface area contributed by atoms with Gasteiger partial charge in [0.15, 0.2) is 0 Å². The Hall–Kier alpha value is -3.08. The van der Waals surface area contributed by atoms with Crippen molar-refractivity contribution >= 4 is 28.4 Å². The topological polar surface area (TPSA) is 65.2 Å². The van der Waals surface area contributed by atoms with Gasteiger partial charge in [-0.1, -0.05) is 30.3 Å². The van der Waals surface area contributed by atoms with Crippen LogP contribution in [0, 0.1) is 6.92 Å². The number of para-hydroxylation sites is 1. The van der Waals surface area contributed by atoms with E-state index in [9.17, 15) is 9.59 Å². The number of hydrogen-bond donors (Lipinski definition) is 2. The fourth-order valence-corrected chi connectivity index (χ4v) is 2.66. The molecule has 3 rings (SSSR count). The summed E-state index contributed by atoms with van der Waals surface area (Å²) >= 11 is 0. The van der Waals surface area contributed by atoms with E-state index in [1.54, 1.807) is 13.2 Å². The molecule has 5 heteroatoms. The number of benzene rings is 2. The molecular weight excluding hydrogens is 302 g/mol. The number of aryl methyl sites for hydroxylation is 1. The highest BCUT2D eigenvalue weighted by Gasteiger charge is 2.18. The van der Waals surface area contributed by atoms with E-state index in [0.717, 1.165) is 22.2 Å². The van der Waals surface area contributed by atoms with Crippen LogP contribution in [-0.4, -0.2) is 35.3 Å². The van der Waals surface area contributed by atoms with Gasteiger partial charge in [-0.05, 0) is 30.7 Å². The zero-order valence-electron chi connectivity index (χ0n) is 13.7. The van der Waals surface area contributed by atoms with Crippen molar-refractivity contribution in [1.29, 1.82) is 0 Å². The summed E-state index contributed by atoms with van der Waals surface area (Å²) in [5.41, 5.74) is 3.26. The van der Waals surface area contributed by atoms with Crippen LogP contribution in [0.3, 0.4) is 0 Å². The molecule has 0 spiro atoms. The third-order valence-electron chi connectivity index (χ3n) is 3.85. The number of rotatable bonds is 4.